The lowest BCUT2D eigenvalue weighted by molar-refractivity contribution is -0.145. The SMILES string of the molecule is FC(F)(F)c1nc(SCc2nnc(-c3ccc(Cl)cc3Cl)o2)c2ccccc2n1. The monoisotopic (exact) mass is 456 g/mol. The van der Waals surface area contributed by atoms with Gasteiger partial charge in [-0.2, -0.15) is 13.2 Å². The molecule has 0 aliphatic heterocycles. The summed E-state index contributed by atoms with van der Waals surface area (Å²) < 4.78 is 44.9. The van der Waals surface area contributed by atoms with Gasteiger partial charge in [-0.15, -0.1) is 10.2 Å². The van der Waals surface area contributed by atoms with Crippen LogP contribution in [0.15, 0.2) is 51.9 Å². The molecular formula is C18H9Cl2F3N4OS. The predicted octanol–water partition coefficient (Wildman–Crippen LogP) is 6.30. The zero-order valence-electron chi connectivity index (χ0n) is 14.2. The van der Waals surface area contributed by atoms with E-state index < -0.39 is 12.0 Å². The van der Waals surface area contributed by atoms with Crippen LogP contribution in [-0.2, 0) is 11.9 Å². The average molecular weight is 457 g/mol. The molecule has 29 heavy (non-hydrogen) atoms. The van der Waals surface area contributed by atoms with Gasteiger partial charge in [0, 0.05) is 10.4 Å². The van der Waals surface area contributed by atoms with Crippen molar-refractivity contribution in [2.24, 2.45) is 0 Å². The highest BCUT2D eigenvalue weighted by Gasteiger charge is 2.35. The van der Waals surface area contributed by atoms with Crippen molar-refractivity contribution in [3.05, 3.63) is 64.2 Å². The van der Waals surface area contributed by atoms with E-state index >= 15 is 0 Å². The van der Waals surface area contributed by atoms with E-state index in [0.29, 0.717) is 21.0 Å². The lowest BCUT2D eigenvalue weighted by Crippen LogP contribution is -2.11. The maximum Gasteiger partial charge on any atom is 0.451 e. The van der Waals surface area contributed by atoms with Crippen molar-refractivity contribution in [3.63, 3.8) is 0 Å². The Morgan fingerprint density at radius 3 is 2.55 bits per heavy atom. The van der Waals surface area contributed by atoms with Crippen molar-refractivity contribution in [1.82, 2.24) is 20.2 Å². The molecule has 11 heteroatoms. The number of nitrogens with zero attached hydrogens (tertiary/aromatic N) is 4. The van der Waals surface area contributed by atoms with Crippen LogP contribution >= 0.6 is 35.0 Å². The smallest absolute Gasteiger partial charge is 0.420 e. The van der Waals surface area contributed by atoms with Gasteiger partial charge in [0.25, 0.3) is 0 Å². The molecule has 0 aliphatic carbocycles. The van der Waals surface area contributed by atoms with Crippen molar-refractivity contribution >= 4 is 45.9 Å². The minimum absolute atomic E-state index is 0.122. The van der Waals surface area contributed by atoms with E-state index in [2.05, 4.69) is 20.2 Å². The summed E-state index contributed by atoms with van der Waals surface area (Å²) >= 11 is 13.1. The molecule has 5 nitrogen and oxygen atoms in total. The third-order valence-electron chi connectivity index (χ3n) is 3.78. The second kappa shape index (κ2) is 7.81. The summed E-state index contributed by atoms with van der Waals surface area (Å²) in [6.45, 7) is 0. The summed E-state index contributed by atoms with van der Waals surface area (Å²) in [5.74, 6) is -0.674. The van der Waals surface area contributed by atoms with E-state index in [9.17, 15) is 13.2 Å². The van der Waals surface area contributed by atoms with Crippen LogP contribution in [0, 0.1) is 0 Å². The number of alkyl halides is 3. The van der Waals surface area contributed by atoms with Crippen molar-refractivity contribution in [2.45, 2.75) is 17.0 Å². The highest BCUT2D eigenvalue weighted by atomic mass is 35.5. The van der Waals surface area contributed by atoms with Gasteiger partial charge in [0.2, 0.25) is 17.6 Å². The van der Waals surface area contributed by atoms with E-state index in [-0.39, 0.29) is 28.1 Å². The summed E-state index contributed by atoms with van der Waals surface area (Å²) in [5, 5.41) is 9.35. The molecule has 0 fully saturated rings. The number of fused-ring (bicyclic) bond motifs is 1. The van der Waals surface area contributed by atoms with Crippen molar-refractivity contribution in [3.8, 4) is 11.5 Å². The quantitative estimate of drug-likeness (QED) is 0.265. The molecule has 0 amide bonds. The molecule has 0 bridgehead atoms. The molecule has 148 valence electrons. The zero-order valence-corrected chi connectivity index (χ0v) is 16.6. The molecule has 0 aliphatic rings. The molecule has 0 unspecified atom stereocenters. The Labute approximate surface area is 176 Å². The van der Waals surface area contributed by atoms with E-state index in [1.54, 1.807) is 36.4 Å². The van der Waals surface area contributed by atoms with Crippen LogP contribution < -0.4 is 0 Å². The minimum Gasteiger partial charge on any atom is -0.420 e. The number of rotatable bonds is 4. The third-order valence-corrected chi connectivity index (χ3v) is 5.31. The van der Waals surface area contributed by atoms with Gasteiger partial charge in [-0.25, -0.2) is 9.97 Å². The lowest BCUT2D eigenvalue weighted by Gasteiger charge is -2.09. The van der Waals surface area contributed by atoms with Gasteiger partial charge in [-0.05, 0) is 24.3 Å². The number of hydrogen-bond donors (Lipinski definition) is 0. The van der Waals surface area contributed by atoms with Crippen LogP contribution in [0.2, 0.25) is 10.0 Å². The van der Waals surface area contributed by atoms with Crippen molar-refractivity contribution < 1.29 is 17.6 Å². The molecule has 0 N–H and O–H groups in total. The maximum absolute atomic E-state index is 13.1. The topological polar surface area (TPSA) is 64.7 Å². The van der Waals surface area contributed by atoms with E-state index in [1.165, 1.54) is 6.07 Å². The van der Waals surface area contributed by atoms with Crippen molar-refractivity contribution in [2.75, 3.05) is 0 Å². The largest absolute Gasteiger partial charge is 0.451 e. The average Bonchev–Trinajstić information content (AvgIpc) is 3.14. The summed E-state index contributed by atoms with van der Waals surface area (Å²) in [6, 6.07) is 11.3. The molecule has 0 spiro atoms. The highest BCUT2D eigenvalue weighted by Crippen LogP contribution is 2.34. The van der Waals surface area contributed by atoms with Gasteiger partial charge in [0.05, 0.1) is 21.9 Å². The molecule has 2 heterocycles. The molecule has 2 aromatic carbocycles. The Bertz CT molecular complexity index is 1200. The Balaban J connectivity index is 1.61. The van der Waals surface area contributed by atoms with E-state index in [0.717, 1.165) is 11.8 Å². The predicted molar refractivity (Wildman–Crippen MR) is 104 cm³/mol. The fourth-order valence-corrected chi connectivity index (χ4v) is 3.84. The first kappa shape index (κ1) is 19.9. The van der Waals surface area contributed by atoms with Gasteiger partial charge >= 0.3 is 6.18 Å². The molecule has 4 aromatic rings. The number of halogens is 5. The Morgan fingerprint density at radius 1 is 1.00 bits per heavy atom. The summed E-state index contributed by atoms with van der Waals surface area (Å²) in [6.07, 6.45) is -4.65. The Kier molecular flexibility index (Phi) is 5.37. The molecule has 0 saturated heterocycles. The Morgan fingerprint density at radius 2 is 1.79 bits per heavy atom. The Hall–Kier alpha value is -2.36. The van der Waals surface area contributed by atoms with Crippen LogP contribution in [0.3, 0.4) is 0 Å². The first-order valence-electron chi connectivity index (χ1n) is 8.06. The number of thioether (sulfide) groups is 1. The van der Waals surface area contributed by atoms with Crippen LogP contribution in [0.25, 0.3) is 22.4 Å². The zero-order chi connectivity index (χ0) is 20.6. The number of para-hydroxylation sites is 1. The standard InChI is InChI=1S/C18H9Cl2F3N4OS/c19-9-5-6-10(12(20)7-9)15-27-26-14(28-15)8-29-16-11-3-1-2-4-13(11)24-17(25-16)18(21,22)23/h1-7H,8H2. The van der Waals surface area contributed by atoms with Gasteiger partial charge in [-0.1, -0.05) is 53.2 Å². The van der Waals surface area contributed by atoms with Crippen LogP contribution in [-0.4, -0.2) is 20.2 Å². The van der Waals surface area contributed by atoms with Crippen LogP contribution in [0.5, 0.6) is 0 Å². The summed E-state index contributed by atoms with van der Waals surface area (Å²) in [4.78, 5) is 7.27. The number of aromatic nitrogens is 4. The second-order valence-corrected chi connectivity index (χ2v) is 7.59. The molecule has 0 radical (unpaired) electrons. The third kappa shape index (κ3) is 4.31. The summed E-state index contributed by atoms with van der Waals surface area (Å²) in [7, 11) is 0. The fraction of sp³-hybridized carbons (Fsp3) is 0.111. The molecule has 0 saturated carbocycles. The fourth-order valence-electron chi connectivity index (χ4n) is 2.50. The number of benzene rings is 2. The van der Waals surface area contributed by atoms with Gasteiger partial charge in [-0.3, -0.25) is 0 Å². The lowest BCUT2D eigenvalue weighted by atomic mass is 10.2. The number of hydrogen-bond acceptors (Lipinski definition) is 6. The van der Waals surface area contributed by atoms with Crippen LogP contribution in [0.4, 0.5) is 13.2 Å². The molecule has 4 rings (SSSR count). The molecule has 2 aromatic heterocycles. The first-order valence-corrected chi connectivity index (χ1v) is 9.80. The van der Waals surface area contributed by atoms with Gasteiger partial charge in [0.15, 0.2) is 0 Å². The van der Waals surface area contributed by atoms with Crippen LogP contribution in [0.1, 0.15) is 11.7 Å². The molecular weight excluding hydrogens is 448 g/mol. The highest BCUT2D eigenvalue weighted by molar-refractivity contribution is 7.98. The maximum atomic E-state index is 13.1. The van der Waals surface area contributed by atoms with Gasteiger partial charge in [0.1, 0.15) is 5.03 Å². The van der Waals surface area contributed by atoms with E-state index in [4.69, 9.17) is 27.6 Å². The summed E-state index contributed by atoms with van der Waals surface area (Å²) in [5.41, 5.74) is 0.711. The minimum atomic E-state index is -4.65. The van der Waals surface area contributed by atoms with E-state index in [1.807, 2.05) is 0 Å². The normalized spacial score (nSPS) is 11.9. The van der Waals surface area contributed by atoms with Crippen molar-refractivity contribution in [1.29, 1.82) is 0 Å². The molecule has 0 atom stereocenters. The second-order valence-electron chi connectivity index (χ2n) is 5.78. The van der Waals surface area contributed by atoms with Gasteiger partial charge < -0.3 is 4.42 Å². The first-order chi connectivity index (χ1) is 13.8.